The van der Waals surface area contributed by atoms with E-state index < -0.39 is 0 Å². The maximum Gasteiger partial charge on any atom is 0.166 e. The Kier molecular flexibility index (Phi) is 8.11. The smallest absolute Gasteiger partial charge is 0.166 e. The van der Waals surface area contributed by atoms with Crippen LogP contribution < -0.4 is 0 Å². The van der Waals surface area contributed by atoms with Gasteiger partial charge in [0.15, 0.2) is 23.1 Å². The molecular weight excluding hydrogens is 783 g/mol. The molecular formula is C58H35N5O. The van der Waals surface area contributed by atoms with Gasteiger partial charge in [0, 0.05) is 55.5 Å². The molecule has 0 saturated heterocycles. The molecule has 0 N–H and O–H groups in total. The molecule has 0 radical (unpaired) electrons. The average Bonchev–Trinajstić information content (AvgIpc) is 3.93. The minimum atomic E-state index is 0.521. The van der Waals surface area contributed by atoms with Crippen molar-refractivity contribution in [3.63, 3.8) is 0 Å². The number of furan rings is 1. The van der Waals surface area contributed by atoms with E-state index >= 15 is 0 Å². The predicted molar refractivity (Wildman–Crippen MR) is 261 cm³/mol. The number of aromatic nitrogens is 5. The zero-order chi connectivity index (χ0) is 42.1. The van der Waals surface area contributed by atoms with E-state index in [4.69, 9.17) is 19.4 Å². The molecule has 0 atom stereocenters. The van der Waals surface area contributed by atoms with Crippen molar-refractivity contribution >= 4 is 65.3 Å². The lowest BCUT2D eigenvalue weighted by molar-refractivity contribution is 0.667. The van der Waals surface area contributed by atoms with Crippen molar-refractivity contribution in [2.45, 2.75) is 0 Å². The van der Waals surface area contributed by atoms with Crippen LogP contribution in [0.25, 0.3) is 127 Å². The molecule has 9 aromatic carbocycles. The van der Waals surface area contributed by atoms with Gasteiger partial charge in [-0.15, -0.1) is 0 Å². The fourth-order valence-electron chi connectivity index (χ4n) is 9.51. The fraction of sp³-hybridized carbons (Fsp3) is 0. The number of hydrogen-bond acceptors (Lipinski definition) is 5. The fourth-order valence-corrected chi connectivity index (χ4v) is 9.51. The summed E-state index contributed by atoms with van der Waals surface area (Å²) in [5, 5.41) is 9.06. The van der Waals surface area contributed by atoms with Crippen molar-refractivity contribution < 1.29 is 4.42 Å². The van der Waals surface area contributed by atoms with Crippen molar-refractivity contribution in [2.24, 2.45) is 0 Å². The molecule has 0 amide bonds. The van der Waals surface area contributed by atoms with Crippen LogP contribution in [0.5, 0.6) is 0 Å². The van der Waals surface area contributed by atoms with Gasteiger partial charge in [0.1, 0.15) is 5.58 Å². The van der Waals surface area contributed by atoms with E-state index in [2.05, 4.69) is 179 Å². The van der Waals surface area contributed by atoms with Crippen molar-refractivity contribution in [3.8, 4) is 62.1 Å². The lowest BCUT2D eigenvalue weighted by Gasteiger charge is -2.14. The van der Waals surface area contributed by atoms with E-state index in [1.54, 1.807) is 6.20 Å². The third kappa shape index (κ3) is 5.81. The van der Waals surface area contributed by atoms with Gasteiger partial charge in [-0.2, -0.15) is 0 Å². The van der Waals surface area contributed by atoms with Gasteiger partial charge in [-0.05, 0) is 74.8 Å². The Morgan fingerprint density at radius 2 is 0.984 bits per heavy atom. The highest BCUT2D eigenvalue weighted by molar-refractivity contribution is 6.18. The zero-order valence-electron chi connectivity index (χ0n) is 34.4. The standard InChI is InChI=1S/C58H35N5O/c1-2-12-36(13-3-1)39-22-23-41-33-42(25-24-40(41)32-39)56-60-57(62-58(61-56)50-34-59-35-53-54(50)49-19-9-11-21-52(49)64-53)48-18-7-6-15-44(48)38-26-29-43(30-27-38)63-51-20-10-8-17-46(51)47-31-28-37-14-4-5-16-45(37)55(47)63/h1-35H. The summed E-state index contributed by atoms with van der Waals surface area (Å²) in [6.45, 7) is 0. The van der Waals surface area contributed by atoms with E-state index in [9.17, 15) is 0 Å². The summed E-state index contributed by atoms with van der Waals surface area (Å²) in [6.07, 6.45) is 3.59. The molecule has 13 rings (SSSR count). The number of rotatable bonds is 6. The molecule has 0 unspecified atom stereocenters. The van der Waals surface area contributed by atoms with Crippen molar-refractivity contribution in [1.29, 1.82) is 0 Å². The molecule has 4 aromatic heterocycles. The first-order chi connectivity index (χ1) is 31.7. The molecule has 13 aromatic rings. The summed E-state index contributed by atoms with van der Waals surface area (Å²) < 4.78 is 8.68. The Hall–Kier alpha value is -8.74. The van der Waals surface area contributed by atoms with Crippen LogP contribution in [0.2, 0.25) is 0 Å². The summed E-state index contributed by atoms with van der Waals surface area (Å²) in [4.78, 5) is 20.4. The molecule has 0 saturated carbocycles. The normalized spacial score (nSPS) is 11.8. The van der Waals surface area contributed by atoms with Crippen LogP contribution in [0.3, 0.4) is 0 Å². The van der Waals surface area contributed by atoms with Crippen LogP contribution in [-0.4, -0.2) is 24.5 Å². The molecule has 0 fully saturated rings. The first-order valence-corrected chi connectivity index (χ1v) is 21.4. The Balaban J connectivity index is 0.972. The van der Waals surface area contributed by atoms with Crippen LogP contribution in [0.15, 0.2) is 217 Å². The van der Waals surface area contributed by atoms with Gasteiger partial charge in [0.05, 0.1) is 17.2 Å². The van der Waals surface area contributed by atoms with Crippen molar-refractivity contribution in [2.75, 3.05) is 0 Å². The zero-order valence-corrected chi connectivity index (χ0v) is 34.4. The van der Waals surface area contributed by atoms with Crippen LogP contribution in [0.1, 0.15) is 0 Å². The minimum Gasteiger partial charge on any atom is -0.454 e. The quantitative estimate of drug-likeness (QED) is 0.167. The van der Waals surface area contributed by atoms with E-state index in [0.717, 1.165) is 60.6 Å². The largest absolute Gasteiger partial charge is 0.454 e. The van der Waals surface area contributed by atoms with Crippen molar-refractivity contribution in [3.05, 3.63) is 213 Å². The summed E-state index contributed by atoms with van der Waals surface area (Å²) >= 11 is 0. The Morgan fingerprint density at radius 1 is 0.359 bits per heavy atom. The topological polar surface area (TPSA) is 69.6 Å². The number of benzene rings is 9. The number of pyridine rings is 1. The van der Waals surface area contributed by atoms with Gasteiger partial charge in [0.25, 0.3) is 0 Å². The van der Waals surface area contributed by atoms with Gasteiger partial charge < -0.3 is 8.98 Å². The van der Waals surface area contributed by atoms with E-state index in [-0.39, 0.29) is 0 Å². The molecule has 0 aliphatic heterocycles. The SMILES string of the molecule is c1ccc(-c2ccc3cc(-c4nc(-c5ccccc5-c5ccc(-n6c7ccccc7c7ccc8ccccc8c76)cc5)nc(-c5cncc6oc7ccccc7c56)n4)ccc3c2)cc1. The second-order valence-electron chi connectivity index (χ2n) is 16.2. The maximum absolute atomic E-state index is 6.28. The number of fused-ring (bicyclic) bond motifs is 9. The van der Waals surface area contributed by atoms with E-state index in [1.165, 1.54) is 43.7 Å². The number of nitrogens with zero attached hydrogens (tertiary/aromatic N) is 5. The monoisotopic (exact) mass is 817 g/mol. The Bertz CT molecular complexity index is 3960. The Morgan fingerprint density at radius 3 is 1.83 bits per heavy atom. The lowest BCUT2D eigenvalue weighted by Crippen LogP contribution is -2.02. The number of para-hydroxylation sites is 2. The predicted octanol–water partition coefficient (Wildman–Crippen LogP) is 14.9. The maximum atomic E-state index is 6.28. The van der Waals surface area contributed by atoms with E-state index in [1.807, 2.05) is 36.5 Å². The summed E-state index contributed by atoms with van der Waals surface area (Å²) in [5.41, 5.74) is 11.9. The van der Waals surface area contributed by atoms with Gasteiger partial charge in [-0.25, -0.2) is 15.0 Å². The van der Waals surface area contributed by atoms with Crippen LogP contribution >= 0.6 is 0 Å². The highest BCUT2D eigenvalue weighted by Crippen LogP contribution is 2.40. The summed E-state index contributed by atoms with van der Waals surface area (Å²) in [7, 11) is 0. The molecule has 0 bridgehead atoms. The van der Waals surface area contributed by atoms with Crippen LogP contribution in [0, 0.1) is 0 Å². The third-order valence-corrected chi connectivity index (χ3v) is 12.5. The molecule has 6 heteroatoms. The molecule has 64 heavy (non-hydrogen) atoms. The second-order valence-corrected chi connectivity index (χ2v) is 16.2. The summed E-state index contributed by atoms with van der Waals surface area (Å²) in [5.74, 6) is 1.66. The molecule has 0 aliphatic carbocycles. The first-order valence-electron chi connectivity index (χ1n) is 21.4. The average molecular weight is 818 g/mol. The highest BCUT2D eigenvalue weighted by atomic mass is 16.3. The van der Waals surface area contributed by atoms with Crippen molar-refractivity contribution in [1.82, 2.24) is 24.5 Å². The summed E-state index contributed by atoms with van der Waals surface area (Å²) in [6, 6.07) is 70.5. The molecule has 4 heterocycles. The third-order valence-electron chi connectivity index (χ3n) is 12.5. The molecule has 0 aliphatic rings. The van der Waals surface area contributed by atoms with Crippen LogP contribution in [0.4, 0.5) is 0 Å². The van der Waals surface area contributed by atoms with Gasteiger partial charge in [0.2, 0.25) is 0 Å². The highest BCUT2D eigenvalue weighted by Gasteiger charge is 2.21. The Labute approximate surface area is 367 Å². The number of hydrogen-bond donors (Lipinski definition) is 0. The van der Waals surface area contributed by atoms with E-state index in [0.29, 0.717) is 23.1 Å². The molecule has 0 spiro atoms. The first kappa shape index (κ1) is 36.0. The van der Waals surface area contributed by atoms with Gasteiger partial charge >= 0.3 is 0 Å². The second kappa shape index (κ2) is 14.4. The molecule has 6 nitrogen and oxygen atoms in total. The minimum absolute atomic E-state index is 0.521. The van der Waals surface area contributed by atoms with Gasteiger partial charge in [-0.3, -0.25) is 4.98 Å². The van der Waals surface area contributed by atoms with Gasteiger partial charge in [-0.1, -0.05) is 164 Å². The lowest BCUT2D eigenvalue weighted by atomic mass is 9.98. The molecule has 298 valence electrons. The van der Waals surface area contributed by atoms with Crippen LogP contribution in [-0.2, 0) is 0 Å².